The highest BCUT2D eigenvalue weighted by Gasteiger charge is 2.29. The molecule has 2 amide bonds. The second-order valence-corrected chi connectivity index (χ2v) is 18.4. The summed E-state index contributed by atoms with van der Waals surface area (Å²) in [6.45, 7) is 10.4. The van der Waals surface area contributed by atoms with Gasteiger partial charge in [0.05, 0.1) is 24.7 Å². The number of para-hydroxylation sites is 1. The molecule has 13 nitrogen and oxygen atoms in total. The summed E-state index contributed by atoms with van der Waals surface area (Å²) in [6, 6.07) is 22.1. The fraction of sp³-hybridized carbons (Fsp3) is 0.400. The van der Waals surface area contributed by atoms with E-state index in [1.165, 1.54) is 11.8 Å². The number of hydrogen-bond acceptors (Lipinski definition) is 12. The molecule has 4 aromatic rings. The van der Waals surface area contributed by atoms with Gasteiger partial charge in [0.15, 0.2) is 5.82 Å². The van der Waals surface area contributed by atoms with Gasteiger partial charge in [0.25, 0.3) is 0 Å². The molecule has 3 aliphatic rings. The minimum Gasteiger partial charge on any atom is -0.494 e. The number of amides is 2. The Hall–Kier alpha value is -4.68. The third kappa shape index (κ3) is 9.59. The van der Waals surface area contributed by atoms with Gasteiger partial charge in [-0.25, -0.2) is 4.98 Å². The maximum absolute atomic E-state index is 12.9. The summed E-state index contributed by atoms with van der Waals surface area (Å²) >= 11 is 6.47. The minimum atomic E-state index is -2.54. The Labute approximate surface area is 327 Å². The van der Waals surface area contributed by atoms with E-state index in [-0.39, 0.29) is 17.9 Å². The Bertz CT molecular complexity index is 2050. The van der Waals surface area contributed by atoms with E-state index in [1.807, 2.05) is 42.5 Å². The van der Waals surface area contributed by atoms with Crippen molar-refractivity contribution in [1.82, 2.24) is 25.1 Å². The Morgan fingerprint density at radius 3 is 2.36 bits per heavy atom. The van der Waals surface area contributed by atoms with Crippen LogP contribution in [0.25, 0.3) is 0 Å². The highest BCUT2D eigenvalue weighted by atomic mass is 35.5. The molecule has 0 radical (unpaired) electrons. The van der Waals surface area contributed by atoms with Gasteiger partial charge < -0.3 is 30.2 Å². The molecule has 4 heterocycles. The number of rotatable bonds is 12. The molecule has 1 aromatic heterocycles. The molecule has 15 heteroatoms. The number of imide groups is 1. The summed E-state index contributed by atoms with van der Waals surface area (Å²) in [5.41, 5.74) is 4.68. The zero-order chi connectivity index (χ0) is 38.5. The van der Waals surface area contributed by atoms with Crippen molar-refractivity contribution >= 4 is 70.4 Å². The smallest absolute Gasteiger partial charge is 0.249 e. The molecule has 0 spiro atoms. The van der Waals surface area contributed by atoms with E-state index in [4.69, 9.17) is 16.3 Å². The summed E-state index contributed by atoms with van der Waals surface area (Å²) in [7, 11) is -0.880. The number of piperidine rings is 2. The van der Waals surface area contributed by atoms with E-state index in [1.54, 1.807) is 20.4 Å². The number of aromatic nitrogens is 2. The van der Waals surface area contributed by atoms with Gasteiger partial charge in [-0.15, -0.1) is 0 Å². The quantitative estimate of drug-likeness (QED) is 0.101. The minimum absolute atomic E-state index is 0.204. The van der Waals surface area contributed by atoms with Crippen molar-refractivity contribution in [2.45, 2.75) is 44.3 Å². The molecule has 0 bridgehead atoms. The van der Waals surface area contributed by atoms with Crippen molar-refractivity contribution in [1.29, 1.82) is 0 Å². The van der Waals surface area contributed by atoms with Crippen LogP contribution in [-0.4, -0.2) is 103 Å². The predicted molar refractivity (Wildman–Crippen MR) is 220 cm³/mol. The lowest BCUT2D eigenvalue weighted by Crippen LogP contribution is -2.53. The zero-order valence-electron chi connectivity index (χ0n) is 31.6. The van der Waals surface area contributed by atoms with E-state index in [0.29, 0.717) is 47.1 Å². The number of anilines is 6. The normalized spacial score (nSPS) is 18.8. The summed E-state index contributed by atoms with van der Waals surface area (Å²) in [5, 5.41) is 13.3. The average Bonchev–Trinajstić information content (AvgIpc) is 3.18. The van der Waals surface area contributed by atoms with Gasteiger partial charge >= 0.3 is 0 Å². The average molecular weight is 786 g/mol. The van der Waals surface area contributed by atoms with Crippen molar-refractivity contribution in [2.24, 2.45) is 0 Å². The Balaban J connectivity index is 0.888. The van der Waals surface area contributed by atoms with Gasteiger partial charge in [-0.05, 0) is 87.6 Å². The van der Waals surface area contributed by atoms with Crippen molar-refractivity contribution in [3.8, 4) is 5.75 Å². The highest BCUT2D eigenvalue weighted by molar-refractivity contribution is 7.70. The van der Waals surface area contributed by atoms with Gasteiger partial charge in [0.2, 0.25) is 17.8 Å². The molecule has 1 unspecified atom stereocenters. The zero-order valence-corrected chi connectivity index (χ0v) is 33.2. The second kappa shape index (κ2) is 17.0. The molecule has 1 atom stereocenters. The molecular weight excluding hydrogens is 737 g/mol. The first-order chi connectivity index (χ1) is 26.5. The summed E-state index contributed by atoms with van der Waals surface area (Å²) in [6.07, 6.45) is 4.71. The van der Waals surface area contributed by atoms with Crippen LogP contribution in [-0.2, 0) is 20.7 Å². The van der Waals surface area contributed by atoms with Crippen LogP contribution in [0.4, 0.5) is 34.5 Å². The van der Waals surface area contributed by atoms with E-state index in [9.17, 15) is 14.2 Å². The number of piperazine rings is 1. The van der Waals surface area contributed by atoms with Crippen molar-refractivity contribution < 1.29 is 18.9 Å². The SMILES string of the molecule is COc1cc(N2CCN(C3CCN(Cc4ccc(NC5CCC(=O)NC5=O)cc4)CC3)CC2)ccc1Nc1ncc(Cl)c(Nc2ccccc2P(C)(C)=O)n1. The largest absolute Gasteiger partial charge is 0.494 e. The number of hydrogen-bond donors (Lipinski definition) is 4. The van der Waals surface area contributed by atoms with Gasteiger partial charge in [-0.1, -0.05) is 35.9 Å². The predicted octanol–water partition coefficient (Wildman–Crippen LogP) is 5.88. The topological polar surface area (TPSA) is 144 Å². The Kier molecular flexibility index (Phi) is 11.9. The van der Waals surface area contributed by atoms with Crippen molar-refractivity contribution in [3.63, 3.8) is 0 Å². The molecule has 290 valence electrons. The lowest BCUT2D eigenvalue weighted by molar-refractivity contribution is -0.133. The number of ether oxygens (including phenoxy) is 1. The number of nitrogens with one attached hydrogen (secondary N) is 4. The highest BCUT2D eigenvalue weighted by Crippen LogP contribution is 2.39. The van der Waals surface area contributed by atoms with Gasteiger partial charge in [-0.2, -0.15) is 4.98 Å². The van der Waals surface area contributed by atoms with Crippen molar-refractivity contribution in [3.05, 3.63) is 83.5 Å². The first kappa shape index (κ1) is 38.6. The van der Waals surface area contributed by atoms with Crippen molar-refractivity contribution in [2.75, 3.05) is 80.6 Å². The van der Waals surface area contributed by atoms with Gasteiger partial charge in [0, 0.05) is 67.9 Å². The summed E-state index contributed by atoms with van der Waals surface area (Å²) < 4.78 is 18.7. The molecule has 3 aliphatic heterocycles. The maximum atomic E-state index is 12.9. The summed E-state index contributed by atoms with van der Waals surface area (Å²) in [4.78, 5) is 40.1. The lowest BCUT2D eigenvalue weighted by atomic mass is 10.0. The maximum Gasteiger partial charge on any atom is 0.249 e. The second-order valence-electron chi connectivity index (χ2n) is 14.8. The van der Waals surface area contributed by atoms with E-state index in [0.717, 1.165) is 81.0 Å². The third-order valence-corrected chi connectivity index (χ3v) is 12.4. The Morgan fingerprint density at radius 2 is 1.65 bits per heavy atom. The molecule has 3 aromatic carbocycles. The molecular formula is C40H49ClN9O4P. The molecule has 55 heavy (non-hydrogen) atoms. The number of nitrogens with zero attached hydrogens (tertiary/aromatic N) is 5. The fourth-order valence-corrected chi connectivity index (χ4v) is 8.87. The number of halogens is 1. The third-order valence-electron chi connectivity index (χ3n) is 10.6. The van der Waals surface area contributed by atoms with Crippen LogP contribution in [0.3, 0.4) is 0 Å². The molecule has 7 rings (SSSR count). The fourth-order valence-electron chi connectivity index (χ4n) is 7.58. The first-order valence-corrected chi connectivity index (χ1v) is 21.8. The molecule has 0 aliphatic carbocycles. The van der Waals surface area contributed by atoms with Crippen LogP contribution in [0.2, 0.25) is 5.02 Å². The lowest BCUT2D eigenvalue weighted by Gasteiger charge is -2.43. The van der Waals surface area contributed by atoms with Gasteiger partial charge in [-0.3, -0.25) is 24.7 Å². The van der Waals surface area contributed by atoms with Crippen LogP contribution in [0, 0.1) is 0 Å². The van der Waals surface area contributed by atoms with E-state index >= 15 is 0 Å². The number of carbonyl (C=O) groups excluding carboxylic acids is 2. The number of carbonyl (C=O) groups is 2. The molecule has 3 fully saturated rings. The number of likely N-dealkylation sites (tertiary alicyclic amines) is 1. The van der Waals surface area contributed by atoms with Crippen LogP contribution in [0.5, 0.6) is 5.75 Å². The summed E-state index contributed by atoms with van der Waals surface area (Å²) in [5.74, 6) is 0.984. The first-order valence-electron chi connectivity index (χ1n) is 18.8. The number of benzene rings is 3. The van der Waals surface area contributed by atoms with Crippen LogP contribution < -0.4 is 36.2 Å². The van der Waals surface area contributed by atoms with E-state index < -0.39 is 7.14 Å². The van der Waals surface area contributed by atoms with Crippen LogP contribution in [0.1, 0.15) is 31.2 Å². The molecule has 0 saturated carbocycles. The van der Waals surface area contributed by atoms with Gasteiger partial charge in [0.1, 0.15) is 24.0 Å². The standard InChI is InChI=1S/C40H49ClN9O4P/c1-54-35-24-30(12-13-32(35)45-40-42-25-31(41)38(47-40)44-33-6-4-5-7-36(33)55(2,3)53)50-22-20-49(21-23-50)29-16-18-48(19-17-29)26-27-8-10-28(11-9-27)43-34-14-15-37(51)46-39(34)52/h4-13,24-25,29,34,43H,14-23,26H2,1-3H3,(H,46,51,52)(H2,42,44,45,47). The van der Waals surface area contributed by atoms with Crippen LogP contribution >= 0.6 is 18.7 Å². The monoisotopic (exact) mass is 785 g/mol. The van der Waals surface area contributed by atoms with Crippen LogP contribution in [0.15, 0.2) is 72.9 Å². The Morgan fingerprint density at radius 1 is 0.909 bits per heavy atom. The molecule has 3 saturated heterocycles. The molecule has 4 N–H and O–H groups in total. The van der Waals surface area contributed by atoms with E-state index in [2.05, 4.69) is 70.2 Å². The number of methoxy groups -OCH3 is 1.